The standard InChI is InChI=1S/C10H13NO3/c1-2-11-8-4-3-5-9(6-8)14-7-10(12)13/h3-6,11H,2,7H2,1H3,(H,12,13). The Morgan fingerprint density at radius 2 is 2.36 bits per heavy atom. The van der Waals surface area contributed by atoms with E-state index in [0.717, 1.165) is 12.2 Å². The van der Waals surface area contributed by atoms with Gasteiger partial charge in [0, 0.05) is 18.3 Å². The Labute approximate surface area is 82.5 Å². The van der Waals surface area contributed by atoms with Crippen molar-refractivity contribution in [2.45, 2.75) is 6.92 Å². The van der Waals surface area contributed by atoms with Gasteiger partial charge < -0.3 is 15.2 Å². The number of aliphatic carboxylic acids is 1. The van der Waals surface area contributed by atoms with Crippen molar-refractivity contribution in [1.82, 2.24) is 0 Å². The summed E-state index contributed by atoms with van der Waals surface area (Å²) < 4.78 is 5.01. The average Bonchev–Trinajstić information content (AvgIpc) is 2.16. The largest absolute Gasteiger partial charge is 0.482 e. The highest BCUT2D eigenvalue weighted by Crippen LogP contribution is 2.16. The van der Waals surface area contributed by atoms with E-state index in [9.17, 15) is 4.79 Å². The lowest BCUT2D eigenvalue weighted by Crippen LogP contribution is -2.09. The molecule has 0 saturated carbocycles. The third-order valence-electron chi connectivity index (χ3n) is 1.58. The molecule has 76 valence electrons. The fourth-order valence-electron chi connectivity index (χ4n) is 1.05. The molecule has 1 rings (SSSR count). The highest BCUT2D eigenvalue weighted by molar-refractivity contribution is 5.68. The summed E-state index contributed by atoms with van der Waals surface area (Å²) in [5.41, 5.74) is 0.926. The third-order valence-corrected chi connectivity index (χ3v) is 1.58. The Balaban J connectivity index is 2.58. The molecule has 0 amide bonds. The van der Waals surface area contributed by atoms with E-state index in [1.165, 1.54) is 0 Å². The van der Waals surface area contributed by atoms with Gasteiger partial charge in [-0.3, -0.25) is 0 Å². The number of hydrogen-bond donors (Lipinski definition) is 2. The minimum atomic E-state index is -0.973. The quantitative estimate of drug-likeness (QED) is 0.749. The zero-order valence-electron chi connectivity index (χ0n) is 7.99. The lowest BCUT2D eigenvalue weighted by Gasteiger charge is -2.06. The Morgan fingerprint density at radius 3 is 3.00 bits per heavy atom. The molecule has 0 radical (unpaired) electrons. The molecular weight excluding hydrogens is 182 g/mol. The van der Waals surface area contributed by atoms with Crippen molar-refractivity contribution in [3.8, 4) is 5.75 Å². The van der Waals surface area contributed by atoms with Crippen LogP contribution < -0.4 is 10.1 Å². The van der Waals surface area contributed by atoms with Gasteiger partial charge in [0.2, 0.25) is 0 Å². The van der Waals surface area contributed by atoms with Crippen LogP contribution in [0.2, 0.25) is 0 Å². The third kappa shape index (κ3) is 3.35. The summed E-state index contributed by atoms with van der Waals surface area (Å²) in [5, 5.41) is 11.5. The second-order valence-electron chi connectivity index (χ2n) is 2.74. The summed E-state index contributed by atoms with van der Waals surface area (Å²) in [7, 11) is 0. The van der Waals surface area contributed by atoms with E-state index in [4.69, 9.17) is 9.84 Å². The second-order valence-corrected chi connectivity index (χ2v) is 2.74. The zero-order valence-corrected chi connectivity index (χ0v) is 7.99. The molecule has 0 unspecified atom stereocenters. The Kier molecular flexibility index (Phi) is 3.79. The van der Waals surface area contributed by atoms with E-state index in [0.29, 0.717) is 5.75 Å². The van der Waals surface area contributed by atoms with Crippen molar-refractivity contribution in [3.63, 3.8) is 0 Å². The second kappa shape index (κ2) is 5.11. The summed E-state index contributed by atoms with van der Waals surface area (Å²) in [6, 6.07) is 7.21. The highest BCUT2D eigenvalue weighted by atomic mass is 16.5. The minimum absolute atomic E-state index is 0.310. The van der Waals surface area contributed by atoms with Gasteiger partial charge in [-0.15, -0.1) is 0 Å². The molecule has 0 fully saturated rings. The molecule has 0 atom stereocenters. The van der Waals surface area contributed by atoms with Gasteiger partial charge in [0.1, 0.15) is 5.75 Å². The SMILES string of the molecule is CCNc1cccc(OCC(=O)O)c1. The van der Waals surface area contributed by atoms with Crippen molar-refractivity contribution in [2.24, 2.45) is 0 Å². The molecule has 1 aromatic carbocycles. The van der Waals surface area contributed by atoms with Crippen molar-refractivity contribution >= 4 is 11.7 Å². The highest BCUT2D eigenvalue weighted by Gasteiger charge is 1.99. The van der Waals surface area contributed by atoms with Crippen LogP contribution in [0.5, 0.6) is 5.75 Å². The van der Waals surface area contributed by atoms with Crippen LogP contribution in [0, 0.1) is 0 Å². The molecule has 0 spiro atoms. The first-order valence-corrected chi connectivity index (χ1v) is 4.41. The number of ether oxygens (including phenoxy) is 1. The van der Waals surface area contributed by atoms with Crippen LogP contribution in [0.3, 0.4) is 0 Å². The van der Waals surface area contributed by atoms with Gasteiger partial charge in [-0.05, 0) is 19.1 Å². The molecule has 0 bridgehead atoms. The van der Waals surface area contributed by atoms with Gasteiger partial charge in [0.15, 0.2) is 6.61 Å². The van der Waals surface area contributed by atoms with Crippen LogP contribution >= 0.6 is 0 Å². The number of nitrogens with one attached hydrogen (secondary N) is 1. The van der Waals surface area contributed by atoms with E-state index in [1.807, 2.05) is 19.1 Å². The van der Waals surface area contributed by atoms with Crippen LogP contribution in [-0.4, -0.2) is 24.2 Å². The lowest BCUT2D eigenvalue weighted by molar-refractivity contribution is -0.139. The molecule has 2 N–H and O–H groups in total. The average molecular weight is 195 g/mol. The topological polar surface area (TPSA) is 58.6 Å². The molecule has 0 aliphatic carbocycles. The summed E-state index contributed by atoms with van der Waals surface area (Å²) in [5.74, 6) is -0.412. The molecular formula is C10H13NO3. The summed E-state index contributed by atoms with van der Waals surface area (Å²) in [6.45, 7) is 2.50. The Morgan fingerprint density at radius 1 is 1.57 bits per heavy atom. The monoisotopic (exact) mass is 195 g/mol. The first-order chi connectivity index (χ1) is 6.72. The van der Waals surface area contributed by atoms with E-state index in [2.05, 4.69) is 5.32 Å². The molecule has 0 saturated heterocycles. The molecule has 1 aromatic rings. The summed E-state index contributed by atoms with van der Waals surface area (Å²) >= 11 is 0. The molecule has 0 aliphatic heterocycles. The maximum atomic E-state index is 10.2. The van der Waals surface area contributed by atoms with E-state index in [-0.39, 0.29) is 6.61 Å². The first kappa shape index (κ1) is 10.4. The van der Waals surface area contributed by atoms with E-state index < -0.39 is 5.97 Å². The smallest absolute Gasteiger partial charge is 0.341 e. The Bertz CT molecular complexity index is 312. The van der Waals surface area contributed by atoms with Gasteiger partial charge in [0.05, 0.1) is 0 Å². The molecule has 14 heavy (non-hydrogen) atoms. The first-order valence-electron chi connectivity index (χ1n) is 4.41. The molecule has 4 heteroatoms. The fourth-order valence-corrected chi connectivity index (χ4v) is 1.05. The van der Waals surface area contributed by atoms with Crippen LogP contribution in [-0.2, 0) is 4.79 Å². The van der Waals surface area contributed by atoms with Gasteiger partial charge in [0.25, 0.3) is 0 Å². The maximum absolute atomic E-state index is 10.2. The van der Waals surface area contributed by atoms with Crippen molar-refractivity contribution in [3.05, 3.63) is 24.3 Å². The minimum Gasteiger partial charge on any atom is -0.482 e. The predicted octanol–water partition coefficient (Wildman–Crippen LogP) is 1.58. The summed E-state index contributed by atoms with van der Waals surface area (Å²) in [6.07, 6.45) is 0. The molecule has 0 heterocycles. The number of carboxylic acid groups (broad SMARTS) is 1. The number of carboxylic acids is 1. The number of rotatable bonds is 5. The van der Waals surface area contributed by atoms with Crippen LogP contribution in [0.4, 0.5) is 5.69 Å². The van der Waals surface area contributed by atoms with Crippen molar-refractivity contribution in [2.75, 3.05) is 18.5 Å². The maximum Gasteiger partial charge on any atom is 0.341 e. The lowest BCUT2D eigenvalue weighted by atomic mass is 10.3. The fraction of sp³-hybridized carbons (Fsp3) is 0.300. The van der Waals surface area contributed by atoms with Crippen LogP contribution in [0.1, 0.15) is 6.92 Å². The molecule has 0 aliphatic rings. The number of hydrogen-bond acceptors (Lipinski definition) is 3. The van der Waals surface area contributed by atoms with Gasteiger partial charge >= 0.3 is 5.97 Å². The number of anilines is 1. The van der Waals surface area contributed by atoms with E-state index in [1.54, 1.807) is 12.1 Å². The van der Waals surface area contributed by atoms with Crippen LogP contribution in [0.15, 0.2) is 24.3 Å². The zero-order chi connectivity index (χ0) is 10.4. The van der Waals surface area contributed by atoms with Gasteiger partial charge in [-0.1, -0.05) is 6.07 Å². The molecule has 0 aromatic heterocycles. The van der Waals surface area contributed by atoms with Crippen molar-refractivity contribution < 1.29 is 14.6 Å². The van der Waals surface area contributed by atoms with Gasteiger partial charge in [-0.2, -0.15) is 0 Å². The van der Waals surface area contributed by atoms with E-state index >= 15 is 0 Å². The van der Waals surface area contributed by atoms with Crippen molar-refractivity contribution in [1.29, 1.82) is 0 Å². The normalized spacial score (nSPS) is 9.50. The summed E-state index contributed by atoms with van der Waals surface area (Å²) in [4.78, 5) is 10.2. The van der Waals surface area contributed by atoms with Gasteiger partial charge in [-0.25, -0.2) is 4.79 Å². The Hall–Kier alpha value is -1.71. The van der Waals surface area contributed by atoms with Crippen LogP contribution in [0.25, 0.3) is 0 Å². The number of carbonyl (C=O) groups is 1. The number of benzene rings is 1. The predicted molar refractivity (Wildman–Crippen MR) is 53.7 cm³/mol. The molecule has 4 nitrogen and oxygen atoms in total.